The number of aliphatic hydroxyl groups excluding tert-OH is 1. The average molecular weight is 344 g/mol. The van der Waals surface area contributed by atoms with Crippen molar-refractivity contribution in [3.63, 3.8) is 0 Å². The molecule has 2 rings (SSSR count). The van der Waals surface area contributed by atoms with E-state index in [2.05, 4.69) is 39.2 Å². The highest BCUT2D eigenvalue weighted by atomic mass is 16.5. The van der Waals surface area contributed by atoms with Crippen LogP contribution in [-0.4, -0.2) is 5.11 Å². The van der Waals surface area contributed by atoms with Gasteiger partial charge in [0.2, 0.25) is 0 Å². The Balaban J connectivity index is 2.49. The summed E-state index contributed by atoms with van der Waals surface area (Å²) < 4.78 is 10.4. The molecule has 2 aromatic rings. The van der Waals surface area contributed by atoms with Crippen molar-refractivity contribution in [3.8, 4) is 36.2 Å². The van der Waals surface area contributed by atoms with Gasteiger partial charge in [-0.1, -0.05) is 57.7 Å². The predicted octanol–water partition coefficient (Wildman–Crippen LogP) is 4.94. The molecule has 0 radical (unpaired) electrons. The number of ether oxygens (including phenoxy) is 2. The van der Waals surface area contributed by atoms with E-state index in [4.69, 9.17) is 21.0 Å². The molecule has 0 aliphatic carbocycles. The smallest absolute Gasteiger partial charge is 0.160 e. The highest BCUT2D eigenvalue weighted by molar-refractivity contribution is 5.61. The van der Waals surface area contributed by atoms with Crippen LogP contribution in [0.15, 0.2) is 49.6 Å². The summed E-state index contributed by atoms with van der Waals surface area (Å²) in [6.07, 6.45) is 14.7. The third-order valence-corrected chi connectivity index (χ3v) is 4.28. The lowest BCUT2D eigenvalue weighted by Crippen LogP contribution is -2.19. The molecule has 2 aromatic carbocycles. The molecule has 0 unspecified atom stereocenters. The first-order chi connectivity index (χ1) is 12.5. The van der Waals surface area contributed by atoms with E-state index in [0.29, 0.717) is 11.5 Å². The molecular weight excluding hydrogens is 324 g/mol. The summed E-state index contributed by atoms with van der Waals surface area (Å²) in [4.78, 5) is 0. The highest BCUT2D eigenvalue weighted by Gasteiger charge is 2.25. The lowest BCUT2D eigenvalue weighted by molar-refractivity contribution is 0.474. The fourth-order valence-electron chi connectivity index (χ4n) is 2.69. The van der Waals surface area contributed by atoms with E-state index in [1.54, 1.807) is 18.3 Å². The van der Waals surface area contributed by atoms with Gasteiger partial charge in [-0.05, 0) is 35.4 Å². The Morgan fingerprint density at radius 2 is 1.46 bits per heavy atom. The van der Waals surface area contributed by atoms with Gasteiger partial charge in [-0.15, -0.1) is 0 Å². The number of benzene rings is 2. The van der Waals surface area contributed by atoms with Gasteiger partial charge in [-0.25, -0.2) is 0 Å². The molecule has 0 aliphatic rings. The molecule has 130 valence electrons. The van der Waals surface area contributed by atoms with E-state index in [0.717, 1.165) is 22.3 Å². The maximum Gasteiger partial charge on any atom is 0.160 e. The van der Waals surface area contributed by atoms with Crippen molar-refractivity contribution in [2.24, 2.45) is 0 Å². The van der Waals surface area contributed by atoms with Crippen molar-refractivity contribution in [1.29, 1.82) is 0 Å². The van der Waals surface area contributed by atoms with Crippen LogP contribution in [0.2, 0.25) is 0 Å². The first kappa shape index (κ1) is 18.8. The van der Waals surface area contributed by atoms with Crippen LogP contribution in [0, 0.1) is 24.7 Å². The summed E-state index contributed by atoms with van der Waals surface area (Å²) in [5.41, 5.74) is 3.46. The standard InChI is InChI=1S/C23H20O3/c1-6-17-15-19(9-11-21(17)25-8-3)23(4,5)20-10-12-22(26-14-13-24)18(7-2)16-20/h3,6-7,9-12,15-16,24H,1-2H2,4-5H3. The summed E-state index contributed by atoms with van der Waals surface area (Å²) in [6, 6.07) is 11.6. The first-order valence-corrected chi connectivity index (χ1v) is 7.95. The van der Waals surface area contributed by atoms with Gasteiger partial charge >= 0.3 is 0 Å². The Labute approximate surface area is 154 Å². The summed E-state index contributed by atoms with van der Waals surface area (Å²) in [6.45, 7) is 11.9. The molecule has 0 amide bonds. The van der Waals surface area contributed by atoms with E-state index in [1.165, 1.54) is 0 Å². The van der Waals surface area contributed by atoms with E-state index < -0.39 is 0 Å². The van der Waals surface area contributed by atoms with Crippen LogP contribution >= 0.6 is 0 Å². The topological polar surface area (TPSA) is 38.7 Å². The van der Waals surface area contributed by atoms with Crippen molar-refractivity contribution in [2.45, 2.75) is 19.3 Å². The molecule has 3 heteroatoms. The van der Waals surface area contributed by atoms with Crippen LogP contribution in [-0.2, 0) is 5.41 Å². The van der Waals surface area contributed by atoms with Crippen LogP contribution in [0.25, 0.3) is 12.2 Å². The fourth-order valence-corrected chi connectivity index (χ4v) is 2.69. The number of terminal acetylenes is 1. The highest BCUT2D eigenvalue weighted by Crippen LogP contribution is 2.36. The molecule has 0 saturated carbocycles. The van der Waals surface area contributed by atoms with Crippen molar-refractivity contribution in [3.05, 3.63) is 71.8 Å². The number of hydrogen-bond donors (Lipinski definition) is 1. The van der Waals surface area contributed by atoms with Crippen LogP contribution in [0.1, 0.15) is 36.1 Å². The van der Waals surface area contributed by atoms with Gasteiger partial charge in [0.1, 0.15) is 17.6 Å². The first-order valence-electron chi connectivity index (χ1n) is 7.95. The van der Waals surface area contributed by atoms with Crippen molar-refractivity contribution >= 4 is 12.2 Å². The normalized spacial score (nSPS) is 10.0. The minimum absolute atomic E-state index is 0.300. The molecule has 26 heavy (non-hydrogen) atoms. The van der Waals surface area contributed by atoms with Crippen LogP contribution in [0.4, 0.5) is 0 Å². The Morgan fingerprint density at radius 3 is 1.88 bits per heavy atom. The van der Waals surface area contributed by atoms with Gasteiger partial charge in [-0.3, -0.25) is 0 Å². The summed E-state index contributed by atoms with van der Waals surface area (Å²) in [5, 5.41) is 8.59. The van der Waals surface area contributed by atoms with Gasteiger partial charge < -0.3 is 14.6 Å². The van der Waals surface area contributed by atoms with Gasteiger partial charge in [0, 0.05) is 16.5 Å². The van der Waals surface area contributed by atoms with Crippen LogP contribution < -0.4 is 9.47 Å². The third-order valence-electron chi connectivity index (χ3n) is 4.28. The van der Waals surface area contributed by atoms with Gasteiger partial charge in [0.05, 0.1) is 0 Å². The molecule has 0 fully saturated rings. The number of aliphatic hydroxyl groups is 1. The Bertz CT molecular complexity index is 934. The molecule has 0 aliphatic heterocycles. The van der Waals surface area contributed by atoms with E-state index in [1.807, 2.05) is 36.4 Å². The van der Waals surface area contributed by atoms with Gasteiger partial charge in [0.25, 0.3) is 0 Å². The molecule has 0 bridgehead atoms. The fraction of sp³-hybridized carbons (Fsp3) is 0.130. The molecule has 0 atom stereocenters. The average Bonchev–Trinajstić information content (AvgIpc) is 2.66. The van der Waals surface area contributed by atoms with Crippen molar-refractivity contribution in [1.82, 2.24) is 0 Å². The molecule has 0 aromatic heterocycles. The number of rotatable bonds is 6. The Kier molecular flexibility index (Phi) is 5.78. The Morgan fingerprint density at radius 1 is 0.962 bits per heavy atom. The molecule has 3 nitrogen and oxygen atoms in total. The van der Waals surface area contributed by atoms with Crippen LogP contribution in [0.5, 0.6) is 11.5 Å². The molecule has 0 heterocycles. The van der Waals surface area contributed by atoms with Crippen molar-refractivity contribution in [2.75, 3.05) is 0 Å². The second-order valence-corrected chi connectivity index (χ2v) is 6.07. The maximum atomic E-state index is 8.59. The molecule has 0 spiro atoms. The van der Waals surface area contributed by atoms with E-state index >= 15 is 0 Å². The summed E-state index contributed by atoms with van der Waals surface area (Å²) in [5.74, 6) is 1.13. The van der Waals surface area contributed by atoms with E-state index in [-0.39, 0.29) is 5.41 Å². The second-order valence-electron chi connectivity index (χ2n) is 6.07. The van der Waals surface area contributed by atoms with Crippen LogP contribution in [0.3, 0.4) is 0 Å². The zero-order valence-corrected chi connectivity index (χ0v) is 14.9. The number of hydrogen-bond acceptors (Lipinski definition) is 3. The van der Waals surface area contributed by atoms with E-state index in [9.17, 15) is 0 Å². The summed E-state index contributed by atoms with van der Waals surface area (Å²) in [7, 11) is 0. The lowest BCUT2D eigenvalue weighted by atomic mass is 9.77. The second kappa shape index (κ2) is 8.01. The molecule has 1 N–H and O–H groups in total. The third kappa shape index (κ3) is 3.74. The zero-order chi connectivity index (χ0) is 19.2. The monoisotopic (exact) mass is 344 g/mol. The zero-order valence-electron chi connectivity index (χ0n) is 14.9. The quantitative estimate of drug-likeness (QED) is 0.755. The minimum Gasteiger partial charge on any atom is -0.460 e. The molecular formula is C23H20O3. The van der Waals surface area contributed by atoms with Gasteiger partial charge in [-0.2, -0.15) is 0 Å². The maximum absolute atomic E-state index is 8.59. The Hall–Kier alpha value is -3.56. The lowest BCUT2D eigenvalue weighted by Gasteiger charge is -2.27. The SMILES string of the molecule is C#COc1ccc(C(C)(C)c2ccc(OC#CO)c(C=C)c2)cc1C=C. The van der Waals surface area contributed by atoms with Gasteiger partial charge in [0.15, 0.2) is 12.2 Å². The minimum atomic E-state index is -0.300. The largest absolute Gasteiger partial charge is 0.460 e. The van der Waals surface area contributed by atoms with Crippen molar-refractivity contribution < 1.29 is 14.6 Å². The summed E-state index contributed by atoms with van der Waals surface area (Å²) >= 11 is 0. The molecule has 0 saturated heterocycles. The predicted molar refractivity (Wildman–Crippen MR) is 105 cm³/mol.